The lowest BCUT2D eigenvalue weighted by molar-refractivity contribution is -0.120. The maximum Gasteiger partial charge on any atom is 0.250 e. The number of para-hydroxylation sites is 1. The van der Waals surface area contributed by atoms with Crippen molar-refractivity contribution in [1.82, 2.24) is 0 Å². The van der Waals surface area contributed by atoms with Gasteiger partial charge in [0.2, 0.25) is 5.91 Å². The lowest BCUT2D eigenvalue weighted by atomic mass is 9.80. The molecule has 0 spiro atoms. The molecule has 2 aliphatic rings. The normalized spacial score (nSPS) is 19.6. The summed E-state index contributed by atoms with van der Waals surface area (Å²) >= 11 is 0. The smallest absolute Gasteiger partial charge is 0.250 e. The Kier molecular flexibility index (Phi) is 5.12. The van der Waals surface area contributed by atoms with Crippen molar-refractivity contribution >= 4 is 29.4 Å². The largest absolute Gasteiger partial charge is 0.366 e. The van der Waals surface area contributed by atoms with Crippen molar-refractivity contribution < 1.29 is 14.4 Å². The minimum atomic E-state index is -0.594. The molecule has 0 saturated carbocycles. The van der Waals surface area contributed by atoms with E-state index in [1.807, 2.05) is 42.5 Å². The van der Waals surface area contributed by atoms with Crippen LogP contribution >= 0.6 is 0 Å². The van der Waals surface area contributed by atoms with Crippen LogP contribution < -0.4 is 10.6 Å². The molecule has 2 N–H and O–H groups in total. The van der Waals surface area contributed by atoms with Crippen LogP contribution in [-0.4, -0.2) is 17.6 Å². The van der Waals surface area contributed by atoms with Gasteiger partial charge in [0.15, 0.2) is 5.78 Å². The number of carbonyl (C=O) groups excluding carboxylic acids is 3. The van der Waals surface area contributed by atoms with Crippen LogP contribution in [0.1, 0.15) is 41.6 Å². The van der Waals surface area contributed by atoms with E-state index in [4.69, 9.17) is 5.73 Å². The number of hydrogen-bond donors (Lipinski definition) is 1. The first-order valence-electron chi connectivity index (χ1n) is 9.77. The maximum absolute atomic E-state index is 13.1. The topological polar surface area (TPSA) is 80.5 Å². The van der Waals surface area contributed by atoms with Gasteiger partial charge in [-0.25, -0.2) is 0 Å². The fourth-order valence-electron chi connectivity index (χ4n) is 4.14. The van der Waals surface area contributed by atoms with Crippen molar-refractivity contribution in [1.29, 1.82) is 0 Å². The van der Waals surface area contributed by atoms with Gasteiger partial charge in [-0.3, -0.25) is 19.3 Å². The summed E-state index contributed by atoms with van der Waals surface area (Å²) < 4.78 is 0. The summed E-state index contributed by atoms with van der Waals surface area (Å²) in [5, 5.41) is 0. The summed E-state index contributed by atoms with van der Waals surface area (Å²) in [7, 11) is 0. The Morgan fingerprint density at radius 3 is 2.48 bits per heavy atom. The number of carbonyl (C=O) groups is 3. The molecule has 29 heavy (non-hydrogen) atoms. The van der Waals surface area contributed by atoms with E-state index in [9.17, 15) is 14.4 Å². The highest BCUT2D eigenvalue weighted by molar-refractivity contribution is 6.10. The monoisotopic (exact) mass is 386 g/mol. The zero-order valence-corrected chi connectivity index (χ0v) is 16.0. The number of primary amides is 1. The van der Waals surface area contributed by atoms with E-state index in [0.717, 1.165) is 5.56 Å². The van der Waals surface area contributed by atoms with Gasteiger partial charge < -0.3 is 5.73 Å². The van der Waals surface area contributed by atoms with Crippen LogP contribution in [0.5, 0.6) is 0 Å². The van der Waals surface area contributed by atoms with Gasteiger partial charge in [0, 0.05) is 30.0 Å². The van der Waals surface area contributed by atoms with Gasteiger partial charge in [0.1, 0.15) is 0 Å². The molecule has 5 nitrogen and oxygen atoms in total. The van der Waals surface area contributed by atoms with E-state index in [0.29, 0.717) is 36.2 Å². The molecule has 0 radical (unpaired) electrons. The van der Waals surface area contributed by atoms with E-state index in [2.05, 4.69) is 0 Å². The predicted octanol–water partition coefficient (Wildman–Crippen LogP) is 3.86. The third kappa shape index (κ3) is 3.63. The second kappa shape index (κ2) is 7.87. The quantitative estimate of drug-likeness (QED) is 0.866. The van der Waals surface area contributed by atoms with Crippen molar-refractivity contribution in [3.8, 4) is 0 Å². The summed E-state index contributed by atoms with van der Waals surface area (Å²) in [4.78, 5) is 39.4. The molecule has 146 valence electrons. The van der Waals surface area contributed by atoms with Crippen molar-refractivity contribution in [2.24, 2.45) is 11.7 Å². The molecular formula is C24H22N2O3. The Hall–Kier alpha value is -3.47. The van der Waals surface area contributed by atoms with Crippen molar-refractivity contribution in [3.63, 3.8) is 0 Å². The second-order valence-electron chi connectivity index (χ2n) is 7.33. The fourth-order valence-corrected chi connectivity index (χ4v) is 4.14. The zero-order chi connectivity index (χ0) is 20.4. The third-order valence-electron chi connectivity index (χ3n) is 5.44. The van der Waals surface area contributed by atoms with E-state index < -0.39 is 5.91 Å². The van der Waals surface area contributed by atoms with Gasteiger partial charge in [-0.05, 0) is 30.5 Å². The van der Waals surface area contributed by atoms with Crippen molar-refractivity contribution in [3.05, 3.63) is 83.1 Å². The number of ketones is 1. The summed E-state index contributed by atoms with van der Waals surface area (Å²) in [5.74, 6) is -0.913. The Labute approximate surface area is 169 Å². The number of Topliss-reactive ketones (excluding diaryl/α,β-unsaturated/α-hetero) is 1. The predicted molar refractivity (Wildman–Crippen MR) is 112 cm³/mol. The molecule has 1 aliphatic heterocycles. The molecular weight excluding hydrogens is 364 g/mol. The molecule has 2 amide bonds. The average molecular weight is 386 g/mol. The SMILES string of the molecule is NC(=O)c1ccccc1N1C(=O)CC(/C=C/c2ccccc2)C2=C1CCCC2=O. The molecule has 0 aromatic heterocycles. The average Bonchev–Trinajstić information content (AvgIpc) is 2.73. The summed E-state index contributed by atoms with van der Waals surface area (Å²) in [6, 6.07) is 16.6. The Morgan fingerprint density at radius 1 is 1.00 bits per heavy atom. The summed E-state index contributed by atoms with van der Waals surface area (Å²) in [5.41, 5.74) is 8.67. The molecule has 5 heteroatoms. The van der Waals surface area contributed by atoms with Crippen LogP contribution in [-0.2, 0) is 9.59 Å². The molecule has 0 bridgehead atoms. The standard InChI is InChI=1S/C24H22N2O3/c25-24(29)18-9-4-5-10-19(18)26-20-11-6-12-21(27)23(20)17(15-22(26)28)14-13-16-7-2-1-3-8-16/h1-5,7-10,13-14,17H,6,11-12,15H2,(H2,25,29)/b14-13+. The molecule has 0 fully saturated rings. The van der Waals surface area contributed by atoms with Gasteiger partial charge in [0.25, 0.3) is 5.91 Å². The molecule has 2 aromatic rings. The number of amides is 2. The number of allylic oxidation sites excluding steroid dienone is 3. The van der Waals surface area contributed by atoms with Gasteiger partial charge >= 0.3 is 0 Å². The molecule has 0 saturated heterocycles. The third-order valence-corrected chi connectivity index (χ3v) is 5.44. The molecule has 1 heterocycles. The molecule has 2 aromatic carbocycles. The summed E-state index contributed by atoms with van der Waals surface area (Å²) in [6.45, 7) is 0. The van der Waals surface area contributed by atoms with Crippen LogP contribution in [0.2, 0.25) is 0 Å². The van der Waals surface area contributed by atoms with E-state index >= 15 is 0 Å². The molecule has 1 aliphatic carbocycles. The Bertz CT molecular complexity index is 1040. The van der Waals surface area contributed by atoms with E-state index in [-0.39, 0.29) is 29.6 Å². The first-order valence-corrected chi connectivity index (χ1v) is 9.77. The van der Waals surface area contributed by atoms with Crippen LogP contribution in [0.4, 0.5) is 5.69 Å². The first kappa shape index (κ1) is 18.9. The molecule has 4 rings (SSSR count). The van der Waals surface area contributed by atoms with Crippen LogP contribution in [0.15, 0.2) is 71.9 Å². The number of nitrogens with two attached hydrogens (primary N) is 1. The minimum Gasteiger partial charge on any atom is -0.366 e. The lowest BCUT2D eigenvalue weighted by Crippen LogP contribution is -2.41. The van der Waals surface area contributed by atoms with Gasteiger partial charge in [-0.2, -0.15) is 0 Å². The number of benzene rings is 2. The first-order chi connectivity index (χ1) is 14.1. The number of anilines is 1. The van der Waals surface area contributed by atoms with Crippen LogP contribution in [0, 0.1) is 5.92 Å². The Balaban J connectivity index is 1.79. The van der Waals surface area contributed by atoms with Crippen molar-refractivity contribution in [2.75, 3.05) is 4.90 Å². The van der Waals surface area contributed by atoms with Gasteiger partial charge in [-0.1, -0.05) is 54.6 Å². The highest BCUT2D eigenvalue weighted by Crippen LogP contribution is 2.40. The van der Waals surface area contributed by atoms with Crippen LogP contribution in [0.3, 0.4) is 0 Å². The molecule has 1 unspecified atom stereocenters. The fraction of sp³-hybridized carbons (Fsp3) is 0.208. The number of hydrogen-bond acceptors (Lipinski definition) is 3. The summed E-state index contributed by atoms with van der Waals surface area (Å²) in [6.07, 6.45) is 5.88. The lowest BCUT2D eigenvalue weighted by Gasteiger charge is -2.37. The van der Waals surface area contributed by atoms with Crippen molar-refractivity contribution in [2.45, 2.75) is 25.7 Å². The number of nitrogens with zero attached hydrogens (tertiary/aromatic N) is 1. The highest BCUT2D eigenvalue weighted by Gasteiger charge is 2.38. The maximum atomic E-state index is 13.1. The van der Waals surface area contributed by atoms with E-state index in [1.54, 1.807) is 29.2 Å². The minimum absolute atomic E-state index is 0.0722. The Morgan fingerprint density at radius 2 is 1.72 bits per heavy atom. The molecule has 1 atom stereocenters. The second-order valence-corrected chi connectivity index (χ2v) is 7.33. The van der Waals surface area contributed by atoms with Gasteiger partial charge in [-0.15, -0.1) is 0 Å². The van der Waals surface area contributed by atoms with Crippen LogP contribution in [0.25, 0.3) is 6.08 Å². The van der Waals surface area contributed by atoms with Gasteiger partial charge in [0.05, 0.1) is 11.3 Å². The zero-order valence-electron chi connectivity index (χ0n) is 16.0. The number of rotatable bonds is 4. The highest BCUT2D eigenvalue weighted by atomic mass is 16.2. The van der Waals surface area contributed by atoms with E-state index in [1.165, 1.54) is 0 Å².